The van der Waals surface area contributed by atoms with E-state index in [1.165, 1.54) is 32.1 Å². The van der Waals surface area contributed by atoms with Crippen molar-refractivity contribution in [2.45, 2.75) is 79.1 Å². The minimum Gasteiger partial charge on any atom is -0.491 e. The fourth-order valence-corrected chi connectivity index (χ4v) is 2.06. The number of ether oxygens (including phenoxy) is 4. The van der Waals surface area contributed by atoms with Crippen molar-refractivity contribution in [1.29, 1.82) is 0 Å². The zero-order valence-electron chi connectivity index (χ0n) is 15.1. The van der Waals surface area contributed by atoms with Crippen LogP contribution >= 0.6 is 0 Å². The van der Waals surface area contributed by atoms with E-state index in [0.29, 0.717) is 19.2 Å². The Hall–Kier alpha value is -0.900. The lowest BCUT2D eigenvalue weighted by Gasteiger charge is -2.16. The highest BCUT2D eigenvalue weighted by atomic mass is 16.7. The molecule has 4 heteroatoms. The van der Waals surface area contributed by atoms with E-state index in [1.54, 1.807) is 0 Å². The summed E-state index contributed by atoms with van der Waals surface area (Å²) in [5.41, 5.74) is 0. The molecule has 0 unspecified atom stereocenters. The lowest BCUT2D eigenvalue weighted by Crippen LogP contribution is -2.09. The van der Waals surface area contributed by atoms with Gasteiger partial charge in [0.1, 0.15) is 0 Å². The van der Waals surface area contributed by atoms with Crippen molar-refractivity contribution in [2.75, 3.05) is 26.6 Å². The Bertz CT molecular complexity index is 264. The Balaban J connectivity index is 4.21. The minimum atomic E-state index is 0.228. The smallest absolute Gasteiger partial charge is 0.321 e. The van der Waals surface area contributed by atoms with Crippen LogP contribution in [0.5, 0.6) is 0 Å². The molecule has 0 aliphatic carbocycles. The van der Waals surface area contributed by atoms with Crippen LogP contribution in [0.2, 0.25) is 0 Å². The van der Waals surface area contributed by atoms with Gasteiger partial charge in [-0.2, -0.15) is 0 Å². The van der Waals surface area contributed by atoms with Crippen LogP contribution in [0.15, 0.2) is 11.7 Å². The van der Waals surface area contributed by atoms with Gasteiger partial charge in [-0.1, -0.05) is 46.0 Å². The quantitative estimate of drug-likeness (QED) is 0.218. The molecule has 0 fully saturated rings. The highest BCUT2D eigenvalue weighted by molar-refractivity contribution is 4.95. The van der Waals surface area contributed by atoms with E-state index in [9.17, 15) is 0 Å². The lowest BCUT2D eigenvalue weighted by atomic mass is 10.2. The lowest BCUT2D eigenvalue weighted by molar-refractivity contribution is -0.0823. The van der Waals surface area contributed by atoms with E-state index < -0.39 is 0 Å². The van der Waals surface area contributed by atoms with Crippen molar-refractivity contribution in [1.82, 2.24) is 0 Å². The summed E-state index contributed by atoms with van der Waals surface area (Å²) in [6, 6.07) is 0. The highest BCUT2D eigenvalue weighted by Crippen LogP contribution is 2.17. The summed E-state index contributed by atoms with van der Waals surface area (Å²) in [6.45, 7) is 10.5. The maximum atomic E-state index is 5.69. The standard InChI is InChI=1S/C18H36O4/c1-5-9-11-13-15-19-16-22-18(21-8-4)17(20-7-3)14-12-10-6-2/h5-16H2,1-4H3/b18-17-. The van der Waals surface area contributed by atoms with Gasteiger partial charge in [0.25, 0.3) is 0 Å². The maximum Gasteiger partial charge on any atom is 0.321 e. The molecule has 4 nitrogen and oxygen atoms in total. The van der Waals surface area contributed by atoms with Crippen LogP contribution in [0, 0.1) is 0 Å². The summed E-state index contributed by atoms with van der Waals surface area (Å²) >= 11 is 0. The van der Waals surface area contributed by atoms with Gasteiger partial charge in [0.05, 0.1) is 19.8 Å². The Kier molecular flexibility index (Phi) is 15.8. The fraction of sp³-hybridized carbons (Fsp3) is 0.889. The normalized spacial score (nSPS) is 12.0. The summed E-state index contributed by atoms with van der Waals surface area (Å²) < 4.78 is 22.4. The molecular weight excluding hydrogens is 280 g/mol. The third-order valence-corrected chi connectivity index (χ3v) is 3.24. The van der Waals surface area contributed by atoms with E-state index in [2.05, 4.69) is 13.8 Å². The predicted molar refractivity (Wildman–Crippen MR) is 90.5 cm³/mol. The molecule has 0 heterocycles. The van der Waals surface area contributed by atoms with Gasteiger partial charge in [-0.05, 0) is 26.7 Å². The van der Waals surface area contributed by atoms with Crippen LogP contribution in [0.1, 0.15) is 79.1 Å². The number of rotatable bonds is 16. The van der Waals surface area contributed by atoms with E-state index >= 15 is 0 Å². The van der Waals surface area contributed by atoms with Crippen LogP contribution in [0.3, 0.4) is 0 Å². The molecule has 0 N–H and O–H groups in total. The topological polar surface area (TPSA) is 36.9 Å². The van der Waals surface area contributed by atoms with E-state index in [4.69, 9.17) is 18.9 Å². The van der Waals surface area contributed by atoms with Crippen molar-refractivity contribution in [3.05, 3.63) is 11.7 Å². The average molecular weight is 316 g/mol. The molecule has 22 heavy (non-hydrogen) atoms. The molecule has 0 bridgehead atoms. The van der Waals surface area contributed by atoms with Gasteiger partial charge in [0, 0.05) is 6.42 Å². The first-order chi connectivity index (χ1) is 10.8. The third kappa shape index (κ3) is 11.7. The molecule has 0 saturated heterocycles. The Morgan fingerprint density at radius 3 is 2.00 bits per heavy atom. The van der Waals surface area contributed by atoms with Crippen LogP contribution in [0.4, 0.5) is 0 Å². The molecule has 0 saturated carbocycles. The molecule has 0 radical (unpaired) electrons. The number of allylic oxidation sites excluding steroid dienone is 1. The van der Waals surface area contributed by atoms with Gasteiger partial charge in [0.2, 0.25) is 0 Å². The van der Waals surface area contributed by atoms with Crippen LogP contribution in [-0.2, 0) is 18.9 Å². The fourth-order valence-electron chi connectivity index (χ4n) is 2.06. The van der Waals surface area contributed by atoms with E-state index in [0.717, 1.165) is 31.6 Å². The first-order valence-corrected chi connectivity index (χ1v) is 8.99. The predicted octanol–water partition coefficient (Wildman–Crippen LogP) is 5.38. The molecule has 132 valence electrons. The minimum absolute atomic E-state index is 0.228. The van der Waals surface area contributed by atoms with Crippen LogP contribution in [-0.4, -0.2) is 26.6 Å². The molecule has 0 amide bonds. The zero-order chi connectivity index (χ0) is 16.5. The van der Waals surface area contributed by atoms with Gasteiger partial charge in [-0.25, -0.2) is 0 Å². The highest BCUT2D eigenvalue weighted by Gasteiger charge is 2.11. The molecule has 0 aliphatic heterocycles. The van der Waals surface area contributed by atoms with Gasteiger partial charge in [0.15, 0.2) is 12.6 Å². The van der Waals surface area contributed by atoms with Crippen LogP contribution in [0.25, 0.3) is 0 Å². The van der Waals surface area contributed by atoms with Crippen LogP contribution < -0.4 is 0 Å². The Morgan fingerprint density at radius 1 is 0.682 bits per heavy atom. The molecule has 0 aliphatic rings. The van der Waals surface area contributed by atoms with E-state index in [-0.39, 0.29) is 6.79 Å². The van der Waals surface area contributed by atoms with Gasteiger partial charge in [-0.15, -0.1) is 0 Å². The molecule has 0 aromatic rings. The monoisotopic (exact) mass is 316 g/mol. The van der Waals surface area contributed by atoms with Gasteiger partial charge in [-0.3, -0.25) is 0 Å². The number of hydrogen-bond donors (Lipinski definition) is 0. The zero-order valence-corrected chi connectivity index (χ0v) is 15.1. The summed E-state index contributed by atoms with van der Waals surface area (Å²) in [4.78, 5) is 0. The number of hydrogen-bond acceptors (Lipinski definition) is 4. The molecular formula is C18H36O4. The summed E-state index contributed by atoms with van der Waals surface area (Å²) in [5.74, 6) is 1.31. The second-order valence-corrected chi connectivity index (χ2v) is 5.26. The Labute approximate surface area is 137 Å². The number of unbranched alkanes of at least 4 members (excludes halogenated alkanes) is 5. The third-order valence-electron chi connectivity index (χ3n) is 3.24. The SMILES string of the molecule is CCCCCCOCO/C(OCC)=C(/CCCCC)OCC. The van der Waals surface area contributed by atoms with Gasteiger partial charge < -0.3 is 18.9 Å². The van der Waals surface area contributed by atoms with Gasteiger partial charge >= 0.3 is 5.95 Å². The van der Waals surface area contributed by atoms with Crippen molar-refractivity contribution < 1.29 is 18.9 Å². The largest absolute Gasteiger partial charge is 0.491 e. The van der Waals surface area contributed by atoms with E-state index in [1.807, 2.05) is 13.8 Å². The molecule has 0 spiro atoms. The van der Waals surface area contributed by atoms with Crippen molar-refractivity contribution >= 4 is 0 Å². The molecule has 0 aromatic carbocycles. The summed E-state index contributed by atoms with van der Waals surface area (Å²) in [7, 11) is 0. The molecule has 0 aromatic heterocycles. The summed E-state index contributed by atoms with van der Waals surface area (Å²) in [6.07, 6.45) is 9.11. The first kappa shape index (κ1) is 21.1. The second kappa shape index (κ2) is 16.5. The average Bonchev–Trinajstić information content (AvgIpc) is 2.52. The molecule has 0 atom stereocenters. The second-order valence-electron chi connectivity index (χ2n) is 5.26. The Morgan fingerprint density at radius 2 is 1.36 bits per heavy atom. The van der Waals surface area contributed by atoms with Crippen molar-refractivity contribution in [3.63, 3.8) is 0 Å². The first-order valence-electron chi connectivity index (χ1n) is 8.99. The van der Waals surface area contributed by atoms with Crippen molar-refractivity contribution in [2.24, 2.45) is 0 Å². The van der Waals surface area contributed by atoms with Crippen molar-refractivity contribution in [3.8, 4) is 0 Å². The maximum absolute atomic E-state index is 5.69. The summed E-state index contributed by atoms with van der Waals surface area (Å²) in [5, 5.41) is 0. The molecule has 0 rings (SSSR count).